The molecule has 0 aromatic heterocycles. The van der Waals surface area contributed by atoms with Gasteiger partial charge in [-0.15, -0.1) is 0 Å². The number of hydrogen-bond acceptors (Lipinski definition) is 3. The molecule has 1 aromatic rings. The molecule has 0 unspecified atom stereocenters. The molecule has 100 valence electrons. The van der Waals surface area contributed by atoms with Crippen molar-refractivity contribution in [1.29, 1.82) is 0 Å². The Bertz CT molecular complexity index is 427. The van der Waals surface area contributed by atoms with Crippen molar-refractivity contribution in [3.63, 3.8) is 0 Å². The number of benzene rings is 1. The SMILES string of the molecule is COc1cccc(OCCC(F)(F)F)c1C(C)=O. The Balaban J connectivity index is 2.85. The normalized spacial score (nSPS) is 11.2. The molecule has 0 spiro atoms. The van der Waals surface area contributed by atoms with Crippen molar-refractivity contribution in [2.45, 2.75) is 19.5 Å². The predicted molar refractivity (Wildman–Crippen MR) is 59.2 cm³/mol. The van der Waals surface area contributed by atoms with Crippen LogP contribution in [0.15, 0.2) is 18.2 Å². The van der Waals surface area contributed by atoms with Crippen LogP contribution in [0.2, 0.25) is 0 Å². The number of carbonyl (C=O) groups is 1. The molecular weight excluding hydrogens is 249 g/mol. The van der Waals surface area contributed by atoms with Gasteiger partial charge in [0.15, 0.2) is 5.78 Å². The summed E-state index contributed by atoms with van der Waals surface area (Å²) in [6.07, 6.45) is -5.35. The van der Waals surface area contributed by atoms with Gasteiger partial charge in [-0.1, -0.05) is 6.07 Å². The topological polar surface area (TPSA) is 35.5 Å². The number of carbonyl (C=O) groups excluding carboxylic acids is 1. The summed E-state index contributed by atoms with van der Waals surface area (Å²) in [5.41, 5.74) is 0.155. The van der Waals surface area contributed by atoms with E-state index in [1.165, 1.54) is 20.1 Å². The van der Waals surface area contributed by atoms with Crippen LogP contribution in [0.1, 0.15) is 23.7 Å². The third-order valence-corrected chi connectivity index (χ3v) is 2.20. The number of ketones is 1. The van der Waals surface area contributed by atoms with E-state index in [0.29, 0.717) is 0 Å². The molecular formula is C12H13F3O3. The molecule has 0 N–H and O–H groups in total. The fourth-order valence-corrected chi connectivity index (χ4v) is 1.43. The summed E-state index contributed by atoms with van der Waals surface area (Å²) in [6, 6.07) is 4.54. The van der Waals surface area contributed by atoms with E-state index in [4.69, 9.17) is 9.47 Å². The lowest BCUT2D eigenvalue weighted by Crippen LogP contribution is -2.14. The van der Waals surface area contributed by atoms with Gasteiger partial charge in [-0.2, -0.15) is 13.2 Å². The van der Waals surface area contributed by atoms with Gasteiger partial charge in [0.2, 0.25) is 0 Å². The van der Waals surface area contributed by atoms with E-state index in [1.807, 2.05) is 0 Å². The Morgan fingerprint density at radius 2 is 1.89 bits per heavy atom. The fraction of sp³-hybridized carbons (Fsp3) is 0.417. The minimum absolute atomic E-state index is 0.103. The van der Waals surface area contributed by atoms with Gasteiger partial charge in [-0.05, 0) is 19.1 Å². The highest BCUT2D eigenvalue weighted by atomic mass is 19.4. The highest BCUT2D eigenvalue weighted by Gasteiger charge is 2.27. The maximum atomic E-state index is 12.0. The summed E-state index contributed by atoms with van der Waals surface area (Å²) >= 11 is 0. The van der Waals surface area contributed by atoms with Crippen molar-refractivity contribution < 1.29 is 27.4 Å². The van der Waals surface area contributed by atoms with Crippen LogP contribution < -0.4 is 9.47 Å². The molecule has 0 saturated carbocycles. The van der Waals surface area contributed by atoms with Gasteiger partial charge in [-0.25, -0.2) is 0 Å². The second-order valence-electron chi connectivity index (χ2n) is 3.60. The average Bonchev–Trinajstić information content (AvgIpc) is 2.26. The molecule has 0 atom stereocenters. The van der Waals surface area contributed by atoms with Crippen LogP contribution in [0.25, 0.3) is 0 Å². The van der Waals surface area contributed by atoms with Gasteiger partial charge >= 0.3 is 6.18 Å². The number of alkyl halides is 3. The van der Waals surface area contributed by atoms with Gasteiger partial charge < -0.3 is 9.47 Å². The van der Waals surface area contributed by atoms with Crippen molar-refractivity contribution >= 4 is 5.78 Å². The van der Waals surface area contributed by atoms with Gasteiger partial charge in [0.1, 0.15) is 17.1 Å². The van der Waals surface area contributed by atoms with Gasteiger partial charge in [0, 0.05) is 0 Å². The standard InChI is InChI=1S/C12H13F3O3/c1-8(16)11-9(17-2)4-3-5-10(11)18-7-6-12(13,14)15/h3-5H,6-7H2,1-2H3. The zero-order valence-corrected chi connectivity index (χ0v) is 10.0. The van der Waals surface area contributed by atoms with Crippen LogP contribution in [0.3, 0.4) is 0 Å². The lowest BCUT2D eigenvalue weighted by molar-refractivity contribution is -0.139. The molecule has 0 amide bonds. The van der Waals surface area contributed by atoms with E-state index >= 15 is 0 Å². The highest BCUT2D eigenvalue weighted by Crippen LogP contribution is 2.29. The van der Waals surface area contributed by atoms with E-state index in [0.717, 1.165) is 0 Å². The highest BCUT2D eigenvalue weighted by molar-refractivity contribution is 5.99. The first kappa shape index (κ1) is 14.3. The van der Waals surface area contributed by atoms with Crippen LogP contribution in [-0.4, -0.2) is 25.7 Å². The van der Waals surface area contributed by atoms with Crippen LogP contribution in [-0.2, 0) is 0 Å². The lowest BCUT2D eigenvalue weighted by Gasteiger charge is -2.13. The van der Waals surface area contributed by atoms with Crippen LogP contribution >= 0.6 is 0 Å². The Hall–Kier alpha value is -1.72. The van der Waals surface area contributed by atoms with Crippen LogP contribution in [0.5, 0.6) is 11.5 Å². The summed E-state index contributed by atoms with van der Waals surface area (Å²) in [5, 5.41) is 0. The minimum atomic E-state index is -4.28. The minimum Gasteiger partial charge on any atom is -0.496 e. The van der Waals surface area contributed by atoms with Crippen molar-refractivity contribution in [2.24, 2.45) is 0 Å². The maximum absolute atomic E-state index is 12.0. The molecule has 18 heavy (non-hydrogen) atoms. The van der Waals surface area contributed by atoms with Crippen molar-refractivity contribution in [2.75, 3.05) is 13.7 Å². The van der Waals surface area contributed by atoms with E-state index in [2.05, 4.69) is 0 Å². The molecule has 6 heteroatoms. The number of Topliss-reactive ketones (excluding diaryl/α,β-unsaturated/α-hetero) is 1. The Labute approximate surface area is 103 Å². The number of ether oxygens (including phenoxy) is 2. The summed E-state index contributed by atoms with van der Waals surface area (Å²) in [7, 11) is 1.38. The first-order valence-electron chi connectivity index (χ1n) is 5.22. The zero-order valence-electron chi connectivity index (χ0n) is 10.0. The molecule has 0 aliphatic heterocycles. The average molecular weight is 262 g/mol. The van der Waals surface area contributed by atoms with Crippen molar-refractivity contribution in [1.82, 2.24) is 0 Å². The molecule has 0 radical (unpaired) electrons. The van der Waals surface area contributed by atoms with E-state index in [9.17, 15) is 18.0 Å². The molecule has 0 bridgehead atoms. The third-order valence-electron chi connectivity index (χ3n) is 2.20. The maximum Gasteiger partial charge on any atom is 0.392 e. The molecule has 0 heterocycles. The van der Waals surface area contributed by atoms with Gasteiger partial charge in [0.05, 0.1) is 20.1 Å². The zero-order chi connectivity index (χ0) is 13.8. The molecule has 1 rings (SSSR count). The smallest absolute Gasteiger partial charge is 0.392 e. The first-order valence-corrected chi connectivity index (χ1v) is 5.22. The molecule has 0 fully saturated rings. The Morgan fingerprint density at radius 1 is 1.28 bits per heavy atom. The Kier molecular flexibility index (Phi) is 4.58. The summed E-state index contributed by atoms with van der Waals surface area (Å²) < 4.78 is 45.9. The quantitative estimate of drug-likeness (QED) is 0.764. The molecule has 0 aliphatic carbocycles. The van der Waals surface area contributed by atoms with Gasteiger partial charge in [0.25, 0.3) is 0 Å². The molecule has 0 saturated heterocycles. The number of rotatable bonds is 5. The van der Waals surface area contributed by atoms with Crippen LogP contribution in [0.4, 0.5) is 13.2 Å². The van der Waals surface area contributed by atoms with Crippen LogP contribution in [0, 0.1) is 0 Å². The number of halogens is 3. The fourth-order valence-electron chi connectivity index (χ4n) is 1.43. The second kappa shape index (κ2) is 5.75. The summed E-state index contributed by atoms with van der Waals surface area (Å²) in [6.45, 7) is 0.769. The Morgan fingerprint density at radius 3 is 2.39 bits per heavy atom. The molecule has 1 aromatic carbocycles. The largest absolute Gasteiger partial charge is 0.496 e. The predicted octanol–water partition coefficient (Wildman–Crippen LogP) is 3.23. The van der Waals surface area contributed by atoms with Crippen molar-refractivity contribution in [3.05, 3.63) is 23.8 Å². The summed E-state index contributed by atoms with van der Waals surface area (Å²) in [4.78, 5) is 11.4. The third kappa shape index (κ3) is 3.94. The molecule has 3 nitrogen and oxygen atoms in total. The van der Waals surface area contributed by atoms with Gasteiger partial charge in [-0.3, -0.25) is 4.79 Å². The number of methoxy groups -OCH3 is 1. The molecule has 0 aliphatic rings. The van der Waals surface area contributed by atoms with E-state index in [1.54, 1.807) is 12.1 Å². The van der Waals surface area contributed by atoms with E-state index < -0.39 is 19.2 Å². The number of hydrogen-bond donors (Lipinski definition) is 0. The van der Waals surface area contributed by atoms with Crippen molar-refractivity contribution in [3.8, 4) is 11.5 Å². The second-order valence-corrected chi connectivity index (χ2v) is 3.60. The summed E-state index contributed by atoms with van der Waals surface area (Å²) in [5.74, 6) is 0.0626. The first-order chi connectivity index (χ1) is 8.35. The lowest BCUT2D eigenvalue weighted by atomic mass is 10.1. The monoisotopic (exact) mass is 262 g/mol. The van der Waals surface area contributed by atoms with E-state index in [-0.39, 0.29) is 22.8 Å².